The summed E-state index contributed by atoms with van der Waals surface area (Å²) >= 11 is 0. The van der Waals surface area contributed by atoms with Gasteiger partial charge in [-0.25, -0.2) is 0 Å². The fourth-order valence-electron chi connectivity index (χ4n) is 2.10. The Hall–Kier alpha value is -1.58. The van der Waals surface area contributed by atoms with Crippen LogP contribution in [0.25, 0.3) is 0 Å². The van der Waals surface area contributed by atoms with Crippen molar-refractivity contribution in [3.63, 3.8) is 0 Å². The number of nitrogens with zero attached hydrogens (tertiary/aromatic N) is 2. The second-order valence-electron chi connectivity index (χ2n) is 4.85. The minimum Gasteiger partial charge on any atom is -0.270 e. The molecule has 102 valence electrons. The van der Waals surface area contributed by atoms with E-state index in [1.165, 1.54) is 4.31 Å². The van der Waals surface area contributed by atoms with Gasteiger partial charge in [0.15, 0.2) is 0 Å². The van der Waals surface area contributed by atoms with Crippen molar-refractivity contribution < 1.29 is 8.42 Å². The lowest BCUT2D eigenvalue weighted by molar-refractivity contribution is 0.289. The van der Waals surface area contributed by atoms with Crippen LogP contribution in [-0.4, -0.2) is 25.8 Å². The third-order valence-corrected chi connectivity index (χ3v) is 4.89. The SMILES string of the molecule is CC1CCN(S(=O)(=O)Nc2ccccc2C#N)CC1. The van der Waals surface area contributed by atoms with Crippen molar-refractivity contribution in [1.82, 2.24) is 4.31 Å². The van der Waals surface area contributed by atoms with Crippen LogP contribution >= 0.6 is 0 Å². The van der Waals surface area contributed by atoms with Crippen LogP contribution in [0.3, 0.4) is 0 Å². The van der Waals surface area contributed by atoms with Crippen LogP contribution in [0.5, 0.6) is 0 Å². The summed E-state index contributed by atoms with van der Waals surface area (Å²) in [5.74, 6) is 0.567. The van der Waals surface area contributed by atoms with Crippen molar-refractivity contribution in [2.75, 3.05) is 17.8 Å². The van der Waals surface area contributed by atoms with Crippen LogP contribution in [-0.2, 0) is 10.2 Å². The topological polar surface area (TPSA) is 73.2 Å². The Balaban J connectivity index is 2.15. The van der Waals surface area contributed by atoms with E-state index in [-0.39, 0.29) is 0 Å². The summed E-state index contributed by atoms with van der Waals surface area (Å²) in [6.45, 7) is 3.19. The molecule has 19 heavy (non-hydrogen) atoms. The van der Waals surface area contributed by atoms with Gasteiger partial charge in [0.1, 0.15) is 6.07 Å². The first kappa shape index (κ1) is 13.8. The van der Waals surface area contributed by atoms with Crippen molar-refractivity contribution >= 4 is 15.9 Å². The van der Waals surface area contributed by atoms with E-state index in [2.05, 4.69) is 11.6 Å². The average Bonchev–Trinajstić information content (AvgIpc) is 2.39. The number of hydrogen-bond donors (Lipinski definition) is 1. The molecule has 1 aromatic carbocycles. The van der Waals surface area contributed by atoms with Gasteiger partial charge in [-0.05, 0) is 30.9 Å². The van der Waals surface area contributed by atoms with Gasteiger partial charge in [-0.15, -0.1) is 0 Å². The molecule has 5 nitrogen and oxygen atoms in total. The molecule has 0 bridgehead atoms. The molecule has 1 fully saturated rings. The van der Waals surface area contributed by atoms with Crippen LogP contribution in [0.15, 0.2) is 24.3 Å². The minimum absolute atomic E-state index is 0.330. The van der Waals surface area contributed by atoms with E-state index in [4.69, 9.17) is 5.26 Å². The monoisotopic (exact) mass is 279 g/mol. The molecule has 1 heterocycles. The van der Waals surface area contributed by atoms with E-state index in [0.29, 0.717) is 30.3 Å². The molecule has 0 amide bonds. The Labute approximate surface area is 114 Å². The number of nitriles is 1. The third kappa shape index (κ3) is 3.25. The molecule has 0 saturated carbocycles. The zero-order chi connectivity index (χ0) is 13.9. The predicted molar refractivity (Wildman–Crippen MR) is 73.7 cm³/mol. The molecule has 1 N–H and O–H groups in total. The molecule has 1 saturated heterocycles. The van der Waals surface area contributed by atoms with Gasteiger partial charge in [0.2, 0.25) is 0 Å². The van der Waals surface area contributed by atoms with Gasteiger partial charge >= 0.3 is 10.2 Å². The van der Waals surface area contributed by atoms with Crippen LogP contribution < -0.4 is 4.72 Å². The predicted octanol–water partition coefficient (Wildman–Crippen LogP) is 1.95. The zero-order valence-corrected chi connectivity index (χ0v) is 11.7. The second kappa shape index (κ2) is 5.59. The standard InChI is InChI=1S/C13H17N3O2S/c1-11-6-8-16(9-7-11)19(17,18)15-13-5-3-2-4-12(13)10-14/h2-5,11,15H,6-9H2,1H3. The molecule has 0 aliphatic carbocycles. The van der Waals surface area contributed by atoms with Crippen molar-refractivity contribution in [2.45, 2.75) is 19.8 Å². The molecule has 1 aliphatic rings. The highest BCUT2D eigenvalue weighted by molar-refractivity contribution is 7.90. The van der Waals surface area contributed by atoms with Crippen LogP contribution in [0.4, 0.5) is 5.69 Å². The Morgan fingerprint density at radius 1 is 1.32 bits per heavy atom. The molecule has 0 aromatic heterocycles. The maximum atomic E-state index is 12.2. The summed E-state index contributed by atoms with van der Waals surface area (Å²) in [7, 11) is -3.56. The van der Waals surface area contributed by atoms with Gasteiger partial charge in [-0.3, -0.25) is 4.72 Å². The number of benzene rings is 1. The van der Waals surface area contributed by atoms with Gasteiger partial charge in [-0.2, -0.15) is 18.0 Å². The van der Waals surface area contributed by atoms with Gasteiger partial charge in [0.25, 0.3) is 0 Å². The number of para-hydroxylation sites is 1. The first-order valence-corrected chi connectivity index (χ1v) is 7.74. The van der Waals surface area contributed by atoms with E-state index < -0.39 is 10.2 Å². The highest BCUT2D eigenvalue weighted by Crippen LogP contribution is 2.21. The number of nitrogens with one attached hydrogen (secondary N) is 1. The number of piperidine rings is 1. The molecule has 6 heteroatoms. The Morgan fingerprint density at radius 2 is 1.95 bits per heavy atom. The van der Waals surface area contributed by atoms with Gasteiger partial charge in [0.05, 0.1) is 11.3 Å². The first-order chi connectivity index (χ1) is 9.03. The fraction of sp³-hybridized carbons (Fsp3) is 0.462. The highest BCUT2D eigenvalue weighted by atomic mass is 32.2. The lowest BCUT2D eigenvalue weighted by Gasteiger charge is -2.29. The van der Waals surface area contributed by atoms with Crippen molar-refractivity contribution in [1.29, 1.82) is 5.26 Å². The second-order valence-corrected chi connectivity index (χ2v) is 6.52. The van der Waals surface area contributed by atoms with E-state index in [1.54, 1.807) is 24.3 Å². The van der Waals surface area contributed by atoms with Crippen LogP contribution in [0.1, 0.15) is 25.3 Å². The first-order valence-electron chi connectivity index (χ1n) is 6.30. The van der Waals surface area contributed by atoms with E-state index in [0.717, 1.165) is 12.8 Å². The van der Waals surface area contributed by atoms with Crippen molar-refractivity contribution in [3.05, 3.63) is 29.8 Å². The summed E-state index contributed by atoms with van der Waals surface area (Å²) < 4.78 is 28.4. The smallest absolute Gasteiger partial charge is 0.270 e. The molecule has 0 atom stereocenters. The molecule has 1 aromatic rings. The van der Waals surface area contributed by atoms with E-state index in [9.17, 15) is 8.42 Å². The molecule has 1 aliphatic heterocycles. The van der Waals surface area contributed by atoms with Crippen molar-refractivity contribution in [2.24, 2.45) is 5.92 Å². The van der Waals surface area contributed by atoms with E-state index >= 15 is 0 Å². The van der Waals surface area contributed by atoms with Crippen LogP contribution in [0.2, 0.25) is 0 Å². The number of anilines is 1. The zero-order valence-electron chi connectivity index (χ0n) is 10.8. The summed E-state index contributed by atoms with van der Waals surface area (Å²) in [5.41, 5.74) is 0.667. The average molecular weight is 279 g/mol. The Morgan fingerprint density at radius 3 is 2.58 bits per heavy atom. The van der Waals surface area contributed by atoms with Gasteiger partial charge < -0.3 is 0 Å². The molecule has 0 spiro atoms. The summed E-state index contributed by atoms with van der Waals surface area (Å²) in [5, 5.41) is 8.96. The maximum Gasteiger partial charge on any atom is 0.301 e. The van der Waals surface area contributed by atoms with Crippen LogP contribution in [0, 0.1) is 17.2 Å². The normalized spacial score (nSPS) is 17.9. The number of rotatable bonds is 3. The molecule has 0 unspecified atom stereocenters. The third-order valence-electron chi connectivity index (χ3n) is 3.37. The van der Waals surface area contributed by atoms with E-state index in [1.807, 2.05) is 6.07 Å². The van der Waals surface area contributed by atoms with Gasteiger partial charge in [0, 0.05) is 13.1 Å². The molecule has 2 rings (SSSR count). The van der Waals surface area contributed by atoms with Crippen molar-refractivity contribution in [3.8, 4) is 6.07 Å². The molecular formula is C13H17N3O2S. The molecule has 0 radical (unpaired) electrons. The minimum atomic E-state index is -3.56. The lowest BCUT2D eigenvalue weighted by Crippen LogP contribution is -2.41. The quantitative estimate of drug-likeness (QED) is 0.919. The Kier molecular flexibility index (Phi) is 4.08. The Bertz CT molecular complexity index is 584. The van der Waals surface area contributed by atoms with Gasteiger partial charge in [-0.1, -0.05) is 19.1 Å². The number of hydrogen-bond acceptors (Lipinski definition) is 3. The summed E-state index contributed by atoms with van der Waals surface area (Å²) in [4.78, 5) is 0. The molecular weight excluding hydrogens is 262 g/mol. The largest absolute Gasteiger partial charge is 0.301 e. The summed E-state index contributed by atoms with van der Waals surface area (Å²) in [6.07, 6.45) is 1.75. The maximum absolute atomic E-state index is 12.2. The summed E-state index contributed by atoms with van der Waals surface area (Å²) in [6, 6.07) is 8.59. The highest BCUT2D eigenvalue weighted by Gasteiger charge is 2.26. The fourth-order valence-corrected chi connectivity index (χ4v) is 3.37. The lowest BCUT2D eigenvalue weighted by atomic mass is 10.0.